The summed E-state index contributed by atoms with van der Waals surface area (Å²) in [5.74, 6) is 3.24. The molecule has 0 aromatic heterocycles. The molecule has 0 heterocycles. The summed E-state index contributed by atoms with van der Waals surface area (Å²) >= 11 is 3.38. The second-order valence-electron chi connectivity index (χ2n) is 4.61. The van der Waals surface area contributed by atoms with Crippen LogP contribution < -0.4 is 14.9 Å². The minimum absolute atomic E-state index is 0.151. The molecule has 0 radical (unpaired) electrons. The number of amides is 1. The number of hydrogen-bond acceptors (Lipinski definition) is 4. The first-order chi connectivity index (χ1) is 11.6. The first-order valence-corrected chi connectivity index (χ1v) is 7.76. The van der Waals surface area contributed by atoms with Gasteiger partial charge in [0.2, 0.25) is 0 Å². The molecule has 122 valence electrons. The highest BCUT2D eigenvalue weighted by Gasteiger charge is 2.06. The molecule has 0 saturated heterocycles. The lowest BCUT2D eigenvalue weighted by molar-refractivity contribution is 0.0955. The van der Waals surface area contributed by atoms with E-state index in [1.807, 2.05) is 12.1 Å². The van der Waals surface area contributed by atoms with Crippen molar-refractivity contribution in [2.75, 3.05) is 13.7 Å². The third kappa shape index (κ3) is 4.86. The van der Waals surface area contributed by atoms with E-state index in [0.29, 0.717) is 22.6 Å². The Bertz CT molecular complexity index is 797. The van der Waals surface area contributed by atoms with Crippen molar-refractivity contribution in [2.45, 2.75) is 0 Å². The van der Waals surface area contributed by atoms with Crippen molar-refractivity contribution in [3.8, 4) is 23.8 Å². The number of benzene rings is 2. The lowest BCUT2D eigenvalue weighted by Crippen LogP contribution is -2.17. The number of nitrogens with one attached hydrogen (secondary N) is 1. The van der Waals surface area contributed by atoms with E-state index in [2.05, 4.69) is 32.4 Å². The number of nitrogens with zero attached hydrogens (tertiary/aromatic N) is 1. The van der Waals surface area contributed by atoms with Crippen molar-refractivity contribution in [3.05, 3.63) is 58.1 Å². The number of halogens is 1. The molecule has 6 heteroatoms. The van der Waals surface area contributed by atoms with E-state index < -0.39 is 0 Å². The van der Waals surface area contributed by atoms with Gasteiger partial charge in [0.15, 0.2) is 0 Å². The number of methoxy groups -OCH3 is 1. The summed E-state index contributed by atoms with van der Waals surface area (Å²) in [4.78, 5) is 12.1. The molecule has 0 spiro atoms. The lowest BCUT2D eigenvalue weighted by Gasteiger charge is -2.07. The Labute approximate surface area is 148 Å². The maximum absolute atomic E-state index is 12.1. The summed E-state index contributed by atoms with van der Waals surface area (Å²) in [6.07, 6.45) is 6.69. The van der Waals surface area contributed by atoms with Crippen molar-refractivity contribution >= 4 is 28.1 Å². The van der Waals surface area contributed by atoms with Crippen LogP contribution >= 0.6 is 15.9 Å². The van der Waals surface area contributed by atoms with Crippen LogP contribution in [0.25, 0.3) is 0 Å². The molecule has 1 N–H and O–H groups in total. The Hall–Kier alpha value is -2.78. The van der Waals surface area contributed by atoms with Gasteiger partial charge in [-0.1, -0.05) is 27.9 Å². The number of carbonyl (C=O) groups excluding carboxylic acids is 1. The van der Waals surface area contributed by atoms with Gasteiger partial charge in [0.05, 0.1) is 13.3 Å². The number of ether oxygens (including phenoxy) is 2. The van der Waals surface area contributed by atoms with E-state index in [-0.39, 0.29) is 12.5 Å². The third-order valence-electron chi connectivity index (χ3n) is 2.98. The van der Waals surface area contributed by atoms with Crippen molar-refractivity contribution < 1.29 is 14.3 Å². The van der Waals surface area contributed by atoms with Gasteiger partial charge >= 0.3 is 0 Å². The van der Waals surface area contributed by atoms with Crippen LogP contribution in [0.4, 0.5) is 0 Å². The van der Waals surface area contributed by atoms with E-state index in [4.69, 9.17) is 15.9 Å². The third-order valence-corrected chi connectivity index (χ3v) is 3.48. The highest BCUT2D eigenvalue weighted by atomic mass is 79.9. The van der Waals surface area contributed by atoms with Gasteiger partial charge in [-0.15, -0.1) is 6.42 Å². The van der Waals surface area contributed by atoms with E-state index in [0.717, 1.165) is 4.47 Å². The fourth-order valence-corrected chi connectivity index (χ4v) is 2.24. The maximum atomic E-state index is 12.1. The number of rotatable bonds is 6. The molecule has 0 atom stereocenters. The Balaban J connectivity index is 2.09. The fourth-order valence-electron chi connectivity index (χ4n) is 1.86. The number of carbonyl (C=O) groups is 1. The number of terminal acetylenes is 1. The maximum Gasteiger partial charge on any atom is 0.271 e. The van der Waals surface area contributed by atoms with Crippen LogP contribution in [-0.4, -0.2) is 25.8 Å². The van der Waals surface area contributed by atoms with Gasteiger partial charge < -0.3 is 9.47 Å². The average molecular weight is 387 g/mol. The summed E-state index contributed by atoms with van der Waals surface area (Å²) in [5, 5.41) is 3.97. The van der Waals surface area contributed by atoms with Crippen LogP contribution in [0.15, 0.2) is 52.0 Å². The predicted molar refractivity (Wildman–Crippen MR) is 96.5 cm³/mol. The Morgan fingerprint density at radius 2 is 2.21 bits per heavy atom. The predicted octanol–water partition coefficient (Wildman–Crippen LogP) is 3.23. The number of hydrazone groups is 1. The van der Waals surface area contributed by atoms with E-state index in [9.17, 15) is 4.79 Å². The van der Waals surface area contributed by atoms with E-state index >= 15 is 0 Å². The minimum Gasteiger partial charge on any atom is -0.497 e. The van der Waals surface area contributed by atoms with Crippen molar-refractivity contribution in [3.63, 3.8) is 0 Å². The Kier molecular flexibility index (Phi) is 6.41. The zero-order chi connectivity index (χ0) is 17.4. The topological polar surface area (TPSA) is 59.9 Å². The van der Waals surface area contributed by atoms with Crippen molar-refractivity contribution in [1.82, 2.24) is 5.43 Å². The van der Waals surface area contributed by atoms with Gasteiger partial charge in [0.1, 0.15) is 18.1 Å². The summed E-state index contributed by atoms with van der Waals surface area (Å²) in [5.41, 5.74) is 3.60. The molecule has 2 aromatic rings. The normalized spacial score (nSPS) is 10.2. The van der Waals surface area contributed by atoms with Crippen LogP contribution in [0.3, 0.4) is 0 Å². The summed E-state index contributed by atoms with van der Waals surface area (Å²) in [7, 11) is 1.54. The van der Waals surface area contributed by atoms with Crippen LogP contribution in [0, 0.1) is 12.3 Å². The summed E-state index contributed by atoms with van der Waals surface area (Å²) in [6, 6.07) is 12.2. The molecule has 2 rings (SSSR count). The molecule has 0 fully saturated rings. The smallest absolute Gasteiger partial charge is 0.271 e. The highest BCUT2D eigenvalue weighted by molar-refractivity contribution is 9.10. The molecule has 5 nitrogen and oxygen atoms in total. The molecule has 0 aliphatic heterocycles. The van der Waals surface area contributed by atoms with Gasteiger partial charge in [-0.2, -0.15) is 5.10 Å². The van der Waals surface area contributed by atoms with Gasteiger partial charge in [-0.25, -0.2) is 5.43 Å². The van der Waals surface area contributed by atoms with Gasteiger partial charge in [-0.3, -0.25) is 4.79 Å². The Morgan fingerprint density at radius 3 is 2.96 bits per heavy atom. The van der Waals surface area contributed by atoms with Crippen LogP contribution in [0.1, 0.15) is 15.9 Å². The van der Waals surface area contributed by atoms with Crippen LogP contribution in [-0.2, 0) is 0 Å². The van der Waals surface area contributed by atoms with Gasteiger partial charge in [0.25, 0.3) is 5.91 Å². The molecule has 0 unspecified atom stereocenters. The van der Waals surface area contributed by atoms with Crippen LogP contribution in [0.2, 0.25) is 0 Å². The molecule has 0 aliphatic carbocycles. The summed E-state index contributed by atoms with van der Waals surface area (Å²) < 4.78 is 11.4. The first kappa shape index (κ1) is 17.6. The quantitative estimate of drug-likeness (QED) is 0.470. The molecule has 0 aliphatic rings. The van der Waals surface area contributed by atoms with E-state index in [1.54, 1.807) is 37.4 Å². The molecule has 24 heavy (non-hydrogen) atoms. The molecule has 1 amide bonds. The molecule has 0 saturated carbocycles. The Morgan fingerprint density at radius 1 is 1.38 bits per heavy atom. The monoisotopic (exact) mass is 386 g/mol. The van der Waals surface area contributed by atoms with Gasteiger partial charge in [-0.05, 0) is 36.4 Å². The second kappa shape index (κ2) is 8.75. The standard InChI is InChI=1S/C18H15BrN2O3/c1-3-9-24-17-8-7-15(19)10-14(17)12-20-21-18(22)13-5-4-6-16(11-13)23-2/h1,4-8,10-12H,9H2,2H3,(H,21,22)/b20-12-. The zero-order valence-electron chi connectivity index (χ0n) is 13.0. The zero-order valence-corrected chi connectivity index (χ0v) is 14.5. The SMILES string of the molecule is C#CCOc1ccc(Br)cc1/C=N\NC(=O)c1cccc(OC)c1. The number of hydrogen-bond donors (Lipinski definition) is 1. The molecule has 2 aromatic carbocycles. The molecule has 0 bridgehead atoms. The fraction of sp³-hybridized carbons (Fsp3) is 0.111. The largest absolute Gasteiger partial charge is 0.497 e. The lowest BCUT2D eigenvalue weighted by atomic mass is 10.2. The summed E-state index contributed by atoms with van der Waals surface area (Å²) in [6.45, 7) is 0.151. The minimum atomic E-state index is -0.341. The molecular weight excluding hydrogens is 372 g/mol. The van der Waals surface area contributed by atoms with E-state index in [1.165, 1.54) is 6.21 Å². The highest BCUT2D eigenvalue weighted by Crippen LogP contribution is 2.21. The average Bonchev–Trinajstić information content (AvgIpc) is 2.61. The molecular formula is C18H15BrN2O3. The first-order valence-electron chi connectivity index (χ1n) is 6.97. The van der Waals surface area contributed by atoms with Gasteiger partial charge in [0, 0.05) is 15.6 Å². The second-order valence-corrected chi connectivity index (χ2v) is 5.52. The van der Waals surface area contributed by atoms with Crippen molar-refractivity contribution in [1.29, 1.82) is 0 Å². The van der Waals surface area contributed by atoms with Crippen LogP contribution in [0.5, 0.6) is 11.5 Å². The van der Waals surface area contributed by atoms with Crippen molar-refractivity contribution in [2.24, 2.45) is 5.10 Å².